The number of halogens is 1. The molecule has 0 bridgehead atoms. The summed E-state index contributed by atoms with van der Waals surface area (Å²) in [6.45, 7) is 3.16. The van der Waals surface area contributed by atoms with Crippen molar-refractivity contribution in [2.45, 2.75) is 49.8 Å². The number of piperidine rings is 1. The Labute approximate surface area is 168 Å². The molecule has 1 aliphatic carbocycles. The van der Waals surface area contributed by atoms with Gasteiger partial charge in [-0.05, 0) is 55.4 Å². The third kappa shape index (κ3) is 3.16. The van der Waals surface area contributed by atoms with Gasteiger partial charge in [-0.1, -0.05) is 42.5 Å². The minimum atomic E-state index is -0.203. The topological polar surface area (TPSA) is 26.7 Å². The molecule has 0 aromatic heterocycles. The lowest BCUT2D eigenvalue weighted by atomic mass is 9.82. The predicted molar refractivity (Wildman–Crippen MR) is 113 cm³/mol. The van der Waals surface area contributed by atoms with Gasteiger partial charge in [-0.25, -0.2) is 0 Å². The Kier molecular flexibility index (Phi) is 5.19. The average Bonchev–Trinajstić information content (AvgIpc) is 3.25. The quantitative estimate of drug-likeness (QED) is 0.855. The molecule has 0 amide bonds. The summed E-state index contributed by atoms with van der Waals surface area (Å²) in [5.74, 6) is 0. The van der Waals surface area contributed by atoms with Gasteiger partial charge < -0.3 is 10.0 Å². The van der Waals surface area contributed by atoms with Gasteiger partial charge in [0, 0.05) is 31.4 Å². The van der Waals surface area contributed by atoms with Crippen LogP contribution in [0.2, 0.25) is 0 Å². The van der Waals surface area contributed by atoms with Crippen molar-refractivity contribution in [1.29, 1.82) is 0 Å². The van der Waals surface area contributed by atoms with E-state index in [1.165, 1.54) is 29.7 Å². The first kappa shape index (κ1) is 18.8. The normalized spacial score (nSPS) is 24.8. The Balaban J connectivity index is 0.00000180. The van der Waals surface area contributed by atoms with Crippen LogP contribution in [0.4, 0.5) is 5.69 Å². The number of rotatable bonds is 2. The van der Waals surface area contributed by atoms with Crippen LogP contribution in [0.25, 0.3) is 0 Å². The van der Waals surface area contributed by atoms with Crippen LogP contribution < -0.4 is 4.90 Å². The highest BCUT2D eigenvalue weighted by Gasteiger charge is 2.50. The Hall–Kier alpha value is -1.55. The van der Waals surface area contributed by atoms with Crippen molar-refractivity contribution in [2.24, 2.45) is 0 Å². The second-order valence-electron chi connectivity index (χ2n) is 8.26. The number of aliphatic hydroxyl groups excluding tert-OH is 1. The molecule has 1 N–H and O–H groups in total. The first-order chi connectivity index (χ1) is 12.8. The molecule has 144 valence electrons. The van der Waals surface area contributed by atoms with Crippen molar-refractivity contribution in [1.82, 2.24) is 4.90 Å². The summed E-state index contributed by atoms with van der Waals surface area (Å²) >= 11 is 0. The van der Waals surface area contributed by atoms with E-state index >= 15 is 0 Å². The second-order valence-corrected chi connectivity index (χ2v) is 8.26. The molecule has 2 aromatic rings. The van der Waals surface area contributed by atoms with Crippen LogP contribution in [-0.4, -0.2) is 47.3 Å². The number of benzene rings is 2. The Bertz CT molecular complexity index is 748. The lowest BCUT2D eigenvalue weighted by Crippen LogP contribution is -2.58. The van der Waals surface area contributed by atoms with Gasteiger partial charge in [0.2, 0.25) is 0 Å². The standard InChI is InChI=1S/C23H28N2O.ClH/c26-22-10-13-25(20-8-2-1-3-9-20)23(22)11-14-24(15-12-23)21-16-18-6-4-5-7-19(18)17-21;/h1-9,21-22,26H,10-17H2;1H/t22-;/m0./s1. The average molecular weight is 385 g/mol. The highest BCUT2D eigenvalue weighted by molar-refractivity contribution is 5.85. The SMILES string of the molecule is Cl.O[C@H]1CCN(c2ccccc2)C12CCN(C1Cc3ccccc3C1)CC2. The summed E-state index contributed by atoms with van der Waals surface area (Å²) in [5.41, 5.74) is 4.27. The number of hydrogen-bond acceptors (Lipinski definition) is 3. The van der Waals surface area contributed by atoms with Crippen LogP contribution in [0.3, 0.4) is 0 Å². The largest absolute Gasteiger partial charge is 0.391 e. The van der Waals surface area contributed by atoms with E-state index in [9.17, 15) is 5.11 Å². The van der Waals surface area contributed by atoms with Crippen molar-refractivity contribution < 1.29 is 5.11 Å². The first-order valence-electron chi connectivity index (χ1n) is 10.1. The van der Waals surface area contributed by atoms with Gasteiger partial charge in [0.15, 0.2) is 0 Å². The molecule has 0 unspecified atom stereocenters. The van der Waals surface area contributed by atoms with Gasteiger partial charge in [-0.15, -0.1) is 12.4 Å². The van der Waals surface area contributed by atoms with Gasteiger partial charge >= 0.3 is 0 Å². The number of para-hydroxylation sites is 1. The van der Waals surface area contributed by atoms with E-state index in [-0.39, 0.29) is 24.0 Å². The maximum atomic E-state index is 10.9. The fraction of sp³-hybridized carbons (Fsp3) is 0.478. The van der Waals surface area contributed by atoms with Crippen LogP contribution in [0.15, 0.2) is 54.6 Å². The van der Waals surface area contributed by atoms with E-state index < -0.39 is 0 Å². The molecule has 2 fully saturated rings. The van der Waals surface area contributed by atoms with Gasteiger partial charge in [0.25, 0.3) is 0 Å². The summed E-state index contributed by atoms with van der Waals surface area (Å²) in [4.78, 5) is 5.18. The Morgan fingerprint density at radius 1 is 0.815 bits per heavy atom. The third-order valence-electron chi connectivity index (χ3n) is 7.06. The fourth-order valence-electron chi connectivity index (χ4n) is 5.59. The monoisotopic (exact) mass is 384 g/mol. The summed E-state index contributed by atoms with van der Waals surface area (Å²) in [5, 5.41) is 10.9. The summed E-state index contributed by atoms with van der Waals surface area (Å²) in [7, 11) is 0. The number of aliphatic hydroxyl groups is 1. The molecule has 2 heterocycles. The maximum Gasteiger partial charge on any atom is 0.0789 e. The molecule has 0 radical (unpaired) electrons. The maximum absolute atomic E-state index is 10.9. The first-order valence-corrected chi connectivity index (χ1v) is 10.1. The van der Waals surface area contributed by atoms with Crippen LogP contribution in [0.1, 0.15) is 30.4 Å². The zero-order valence-corrected chi connectivity index (χ0v) is 16.6. The highest BCUT2D eigenvalue weighted by Crippen LogP contribution is 2.42. The van der Waals surface area contributed by atoms with Crippen molar-refractivity contribution in [3.8, 4) is 0 Å². The van der Waals surface area contributed by atoms with E-state index in [1.807, 2.05) is 0 Å². The van der Waals surface area contributed by atoms with Gasteiger partial charge in [0.05, 0.1) is 11.6 Å². The molecule has 1 spiro atoms. The highest BCUT2D eigenvalue weighted by atomic mass is 35.5. The number of anilines is 1. The molecule has 1 atom stereocenters. The summed E-state index contributed by atoms with van der Waals surface area (Å²) in [6, 6.07) is 20.2. The van der Waals surface area contributed by atoms with Crippen molar-refractivity contribution in [3.63, 3.8) is 0 Å². The minimum Gasteiger partial charge on any atom is -0.391 e. The molecule has 2 aromatic carbocycles. The lowest BCUT2D eigenvalue weighted by molar-refractivity contribution is 0.0428. The van der Waals surface area contributed by atoms with E-state index in [2.05, 4.69) is 64.4 Å². The summed E-state index contributed by atoms with van der Waals surface area (Å²) < 4.78 is 0. The second kappa shape index (κ2) is 7.46. The van der Waals surface area contributed by atoms with E-state index in [1.54, 1.807) is 0 Å². The molecule has 2 saturated heterocycles. The molecule has 4 heteroatoms. The molecular weight excluding hydrogens is 356 g/mol. The molecule has 27 heavy (non-hydrogen) atoms. The number of nitrogens with zero attached hydrogens (tertiary/aromatic N) is 2. The number of hydrogen-bond donors (Lipinski definition) is 1. The van der Waals surface area contributed by atoms with Gasteiger partial charge in [-0.2, -0.15) is 0 Å². The molecule has 5 rings (SSSR count). The number of fused-ring (bicyclic) bond motifs is 1. The van der Waals surface area contributed by atoms with Crippen molar-refractivity contribution >= 4 is 18.1 Å². The van der Waals surface area contributed by atoms with E-state index in [4.69, 9.17) is 0 Å². The molecule has 0 saturated carbocycles. The van der Waals surface area contributed by atoms with Crippen molar-refractivity contribution in [2.75, 3.05) is 24.5 Å². The van der Waals surface area contributed by atoms with Crippen LogP contribution in [0, 0.1) is 0 Å². The fourth-order valence-corrected chi connectivity index (χ4v) is 5.59. The molecule has 3 aliphatic rings. The molecule has 2 aliphatic heterocycles. The van der Waals surface area contributed by atoms with E-state index in [0.29, 0.717) is 6.04 Å². The lowest BCUT2D eigenvalue weighted by Gasteiger charge is -2.48. The third-order valence-corrected chi connectivity index (χ3v) is 7.06. The van der Waals surface area contributed by atoms with Gasteiger partial charge in [0.1, 0.15) is 0 Å². The van der Waals surface area contributed by atoms with Gasteiger partial charge in [-0.3, -0.25) is 4.90 Å². The van der Waals surface area contributed by atoms with Crippen LogP contribution >= 0.6 is 12.4 Å². The van der Waals surface area contributed by atoms with E-state index in [0.717, 1.165) is 38.9 Å². The minimum absolute atomic E-state index is 0. The smallest absolute Gasteiger partial charge is 0.0789 e. The number of likely N-dealkylation sites (tertiary alicyclic amines) is 1. The zero-order chi connectivity index (χ0) is 17.6. The van der Waals surface area contributed by atoms with Crippen LogP contribution in [-0.2, 0) is 12.8 Å². The predicted octanol–water partition coefficient (Wildman–Crippen LogP) is 3.68. The molecular formula is C23H29ClN2O. The zero-order valence-electron chi connectivity index (χ0n) is 15.8. The Morgan fingerprint density at radius 3 is 2.04 bits per heavy atom. The molecule has 3 nitrogen and oxygen atoms in total. The summed E-state index contributed by atoms with van der Waals surface area (Å²) in [6.07, 6.45) is 5.20. The van der Waals surface area contributed by atoms with Crippen LogP contribution in [0.5, 0.6) is 0 Å². The Morgan fingerprint density at radius 2 is 1.41 bits per heavy atom. The van der Waals surface area contributed by atoms with Crippen molar-refractivity contribution in [3.05, 3.63) is 65.7 Å².